The van der Waals surface area contributed by atoms with Crippen molar-refractivity contribution in [2.45, 2.75) is 12.6 Å². The minimum Gasteiger partial charge on any atom is -0.368 e. The van der Waals surface area contributed by atoms with Crippen molar-refractivity contribution in [3.8, 4) is 0 Å². The van der Waals surface area contributed by atoms with Gasteiger partial charge in [-0.1, -0.05) is 0 Å². The van der Waals surface area contributed by atoms with Gasteiger partial charge in [-0.25, -0.2) is 14.4 Å². The van der Waals surface area contributed by atoms with Crippen LogP contribution in [0.2, 0.25) is 0 Å². The molecule has 2 aromatic rings. The molecule has 0 spiro atoms. The quantitative estimate of drug-likeness (QED) is 0.895. The molecule has 1 N–H and O–H groups in total. The zero-order valence-electron chi connectivity index (χ0n) is 13.2. The molecule has 0 radical (unpaired) electrons. The summed E-state index contributed by atoms with van der Waals surface area (Å²) in [6, 6.07) is 6.13. The summed E-state index contributed by atoms with van der Waals surface area (Å²) in [4.78, 5) is 25.1. The number of rotatable bonds is 2. The first-order valence-corrected chi connectivity index (χ1v) is 8.04. The summed E-state index contributed by atoms with van der Waals surface area (Å²) in [5.74, 6) is -0.164. The lowest BCUT2D eigenvalue weighted by atomic mass is 10.1. The number of fused-ring (bicyclic) bond motifs is 1. The Morgan fingerprint density at radius 2 is 1.92 bits per heavy atom. The van der Waals surface area contributed by atoms with E-state index < -0.39 is 0 Å². The number of piperazine rings is 1. The Balaban J connectivity index is 1.41. The van der Waals surface area contributed by atoms with Crippen molar-refractivity contribution in [2.75, 3.05) is 31.1 Å². The number of amides is 1. The second kappa shape index (κ2) is 6.16. The second-order valence-electron chi connectivity index (χ2n) is 6.03. The smallest absolute Gasteiger partial charge is 0.244 e. The van der Waals surface area contributed by atoms with Crippen LogP contribution in [0.5, 0.6) is 0 Å². The van der Waals surface area contributed by atoms with Crippen molar-refractivity contribution in [1.29, 1.82) is 0 Å². The summed E-state index contributed by atoms with van der Waals surface area (Å²) in [5.41, 5.74) is 2.76. The van der Waals surface area contributed by atoms with Crippen LogP contribution in [0.4, 0.5) is 10.1 Å². The van der Waals surface area contributed by atoms with E-state index in [2.05, 4.69) is 20.2 Å². The summed E-state index contributed by atoms with van der Waals surface area (Å²) < 4.78 is 13.0. The van der Waals surface area contributed by atoms with Gasteiger partial charge in [0.1, 0.15) is 18.2 Å². The van der Waals surface area contributed by atoms with Gasteiger partial charge < -0.3 is 9.80 Å². The van der Waals surface area contributed by atoms with E-state index in [1.807, 2.05) is 4.90 Å². The van der Waals surface area contributed by atoms with Crippen molar-refractivity contribution in [1.82, 2.24) is 20.2 Å². The number of hydrogen-bond donors (Lipinski definition) is 1. The Morgan fingerprint density at radius 3 is 2.67 bits per heavy atom. The number of hydrogen-bond acceptors (Lipinski definition) is 5. The van der Waals surface area contributed by atoms with Crippen LogP contribution in [0, 0.1) is 5.82 Å². The van der Waals surface area contributed by atoms with Gasteiger partial charge in [0, 0.05) is 50.2 Å². The lowest BCUT2D eigenvalue weighted by Gasteiger charge is -2.37. The minimum atomic E-state index is -0.349. The Labute approximate surface area is 139 Å². The average molecular weight is 327 g/mol. The van der Waals surface area contributed by atoms with Crippen LogP contribution in [0.1, 0.15) is 17.3 Å². The summed E-state index contributed by atoms with van der Waals surface area (Å²) in [7, 11) is 0. The van der Waals surface area contributed by atoms with Gasteiger partial charge in [-0.05, 0) is 24.3 Å². The molecule has 0 bridgehead atoms. The number of nitrogens with zero attached hydrogens (tertiary/aromatic N) is 4. The van der Waals surface area contributed by atoms with Gasteiger partial charge in [-0.3, -0.25) is 10.1 Å². The molecule has 1 aromatic heterocycles. The third kappa shape index (κ3) is 2.71. The topological polar surface area (TPSA) is 61.4 Å². The Kier molecular flexibility index (Phi) is 3.86. The second-order valence-corrected chi connectivity index (χ2v) is 6.03. The number of aromatic nitrogens is 2. The van der Waals surface area contributed by atoms with Crippen LogP contribution in [0.25, 0.3) is 0 Å². The highest BCUT2D eigenvalue weighted by atomic mass is 19.1. The molecule has 0 saturated carbocycles. The molecule has 4 rings (SSSR count). The molecule has 1 amide bonds. The predicted molar refractivity (Wildman–Crippen MR) is 86.8 cm³/mol. The number of carbonyl (C=O) groups excluding carboxylic acids is 1. The molecule has 24 heavy (non-hydrogen) atoms. The lowest BCUT2D eigenvalue weighted by molar-refractivity contribution is -0.133. The van der Waals surface area contributed by atoms with E-state index in [9.17, 15) is 9.18 Å². The van der Waals surface area contributed by atoms with Gasteiger partial charge >= 0.3 is 0 Å². The molecular formula is C17H18FN5O. The van der Waals surface area contributed by atoms with Gasteiger partial charge in [-0.15, -0.1) is 0 Å². The number of nitrogens with one attached hydrogen (secondary N) is 1. The SMILES string of the molecule is O=C([C@@H]1NCc2ncncc21)N1CCN(c2ccc(F)cc2)CC1. The van der Waals surface area contributed by atoms with Crippen molar-refractivity contribution < 1.29 is 9.18 Å². The maximum atomic E-state index is 13.0. The monoisotopic (exact) mass is 327 g/mol. The number of benzene rings is 1. The van der Waals surface area contributed by atoms with E-state index in [1.54, 1.807) is 18.3 Å². The van der Waals surface area contributed by atoms with Gasteiger partial charge in [0.05, 0.1) is 5.69 Å². The summed E-state index contributed by atoms with van der Waals surface area (Å²) >= 11 is 0. The highest BCUT2D eigenvalue weighted by molar-refractivity contribution is 5.84. The van der Waals surface area contributed by atoms with E-state index in [-0.39, 0.29) is 17.8 Å². The fourth-order valence-corrected chi connectivity index (χ4v) is 3.30. The molecule has 0 unspecified atom stereocenters. The minimum absolute atomic E-state index is 0.0716. The first-order valence-electron chi connectivity index (χ1n) is 8.04. The third-order valence-corrected chi connectivity index (χ3v) is 4.64. The number of halogens is 1. The maximum Gasteiger partial charge on any atom is 0.244 e. The Morgan fingerprint density at radius 1 is 1.17 bits per heavy atom. The molecular weight excluding hydrogens is 309 g/mol. The van der Waals surface area contributed by atoms with Gasteiger partial charge in [-0.2, -0.15) is 0 Å². The highest BCUT2D eigenvalue weighted by Crippen LogP contribution is 2.25. The Hall–Kier alpha value is -2.54. The molecule has 1 saturated heterocycles. The molecule has 2 aliphatic rings. The predicted octanol–water partition coefficient (Wildman–Crippen LogP) is 1.11. The lowest BCUT2D eigenvalue weighted by Crippen LogP contribution is -2.51. The largest absolute Gasteiger partial charge is 0.368 e. The molecule has 1 aromatic carbocycles. The van der Waals surface area contributed by atoms with E-state index in [4.69, 9.17) is 0 Å². The zero-order valence-corrected chi connectivity index (χ0v) is 13.2. The molecule has 0 aliphatic carbocycles. The van der Waals surface area contributed by atoms with Crippen LogP contribution in [0.15, 0.2) is 36.8 Å². The van der Waals surface area contributed by atoms with Crippen LogP contribution in [-0.4, -0.2) is 47.0 Å². The normalized spacial score (nSPS) is 20.1. The molecule has 6 nitrogen and oxygen atoms in total. The van der Waals surface area contributed by atoms with Crippen LogP contribution < -0.4 is 10.2 Å². The average Bonchev–Trinajstić information content (AvgIpc) is 3.06. The number of carbonyl (C=O) groups is 1. The maximum absolute atomic E-state index is 13.0. The Bertz CT molecular complexity index is 743. The van der Waals surface area contributed by atoms with Gasteiger partial charge in [0.2, 0.25) is 5.91 Å². The van der Waals surface area contributed by atoms with Crippen LogP contribution >= 0.6 is 0 Å². The van der Waals surface area contributed by atoms with Crippen molar-refractivity contribution >= 4 is 11.6 Å². The molecule has 124 valence electrons. The summed E-state index contributed by atoms with van der Waals surface area (Å²) in [6.45, 7) is 3.38. The van der Waals surface area contributed by atoms with E-state index >= 15 is 0 Å². The summed E-state index contributed by atoms with van der Waals surface area (Å²) in [5, 5.41) is 3.22. The zero-order chi connectivity index (χ0) is 16.5. The highest BCUT2D eigenvalue weighted by Gasteiger charge is 2.33. The molecule has 3 heterocycles. The van der Waals surface area contributed by atoms with E-state index in [0.717, 1.165) is 30.0 Å². The standard InChI is InChI=1S/C17H18FN5O/c18-12-1-3-13(4-2-12)22-5-7-23(8-6-22)17(24)16-14-9-19-11-21-15(14)10-20-16/h1-4,9,11,16,20H,5-8,10H2/t16-/m1/s1. The molecule has 7 heteroatoms. The van der Waals surface area contributed by atoms with Gasteiger partial charge in [0.15, 0.2) is 0 Å². The van der Waals surface area contributed by atoms with Crippen molar-refractivity contribution in [3.05, 3.63) is 53.9 Å². The van der Waals surface area contributed by atoms with Crippen LogP contribution in [0.3, 0.4) is 0 Å². The van der Waals surface area contributed by atoms with E-state index in [1.165, 1.54) is 18.5 Å². The van der Waals surface area contributed by atoms with Gasteiger partial charge in [0.25, 0.3) is 0 Å². The molecule has 2 aliphatic heterocycles. The third-order valence-electron chi connectivity index (χ3n) is 4.64. The van der Waals surface area contributed by atoms with Crippen molar-refractivity contribution in [3.63, 3.8) is 0 Å². The summed E-state index contributed by atoms with van der Waals surface area (Å²) in [6.07, 6.45) is 3.23. The van der Waals surface area contributed by atoms with Crippen molar-refractivity contribution in [2.24, 2.45) is 0 Å². The molecule has 1 fully saturated rings. The first kappa shape index (κ1) is 15.0. The van der Waals surface area contributed by atoms with Crippen LogP contribution in [-0.2, 0) is 11.3 Å². The fourth-order valence-electron chi connectivity index (χ4n) is 3.30. The van der Waals surface area contributed by atoms with E-state index in [0.29, 0.717) is 19.6 Å². The number of anilines is 1. The fraction of sp³-hybridized carbons (Fsp3) is 0.353. The first-order chi connectivity index (χ1) is 11.7. The molecule has 1 atom stereocenters.